The van der Waals surface area contributed by atoms with Gasteiger partial charge in [-0.2, -0.15) is 0 Å². The van der Waals surface area contributed by atoms with Gasteiger partial charge in [0, 0.05) is 43.8 Å². The number of aryl methyl sites for hydroxylation is 1. The van der Waals surface area contributed by atoms with Gasteiger partial charge in [0.15, 0.2) is 11.6 Å². The van der Waals surface area contributed by atoms with Crippen molar-refractivity contribution in [2.75, 3.05) is 7.11 Å². The Morgan fingerprint density at radius 3 is 2.45 bits per heavy atom. The molecule has 0 saturated carbocycles. The van der Waals surface area contributed by atoms with Crippen molar-refractivity contribution in [1.82, 2.24) is 4.57 Å². The molecule has 0 aliphatic rings. The Morgan fingerprint density at radius 1 is 1.12 bits per heavy atom. The third-order valence-corrected chi connectivity index (χ3v) is 5.77. The Balaban J connectivity index is 2.16. The van der Waals surface area contributed by atoms with E-state index < -0.39 is 11.6 Å². The summed E-state index contributed by atoms with van der Waals surface area (Å²) in [5, 5.41) is 0. The van der Waals surface area contributed by atoms with Crippen LogP contribution in [0.3, 0.4) is 0 Å². The molecule has 0 bridgehead atoms. The lowest BCUT2D eigenvalue weighted by atomic mass is 9.99. The Bertz CT molecular complexity index is 1260. The molecule has 2 aromatic carbocycles. The van der Waals surface area contributed by atoms with E-state index in [9.17, 15) is 18.4 Å². The number of hydrogen-bond acceptors (Lipinski definition) is 5. The number of esters is 1. The number of benzene rings is 2. The summed E-state index contributed by atoms with van der Waals surface area (Å²) in [4.78, 5) is 23.7. The summed E-state index contributed by atoms with van der Waals surface area (Å²) in [5.74, 6) is -1.49. The minimum Gasteiger partial charge on any atom is -0.495 e. The molecule has 9 heteroatoms. The molecule has 1 atom stereocenters. The van der Waals surface area contributed by atoms with Crippen LogP contribution in [-0.2, 0) is 23.0 Å². The summed E-state index contributed by atoms with van der Waals surface area (Å²) in [5.41, 5.74) is 1.65. The molecule has 0 spiro atoms. The van der Waals surface area contributed by atoms with Gasteiger partial charge in [-0.3, -0.25) is 9.59 Å². The molecule has 1 unspecified atom stereocenters. The number of ether oxygens (including phenoxy) is 3. The van der Waals surface area contributed by atoms with E-state index in [4.69, 9.17) is 14.2 Å². The molecule has 33 heavy (non-hydrogen) atoms. The number of aromatic nitrogens is 1. The fourth-order valence-electron chi connectivity index (χ4n) is 3.41. The lowest BCUT2D eigenvalue weighted by Gasteiger charge is -2.18. The summed E-state index contributed by atoms with van der Waals surface area (Å²) < 4.78 is 46.0. The molecule has 1 heterocycles. The molecule has 6 nitrogen and oxygen atoms in total. The normalized spacial score (nSPS) is 11.7. The van der Waals surface area contributed by atoms with Crippen molar-refractivity contribution < 1.29 is 27.8 Å². The van der Waals surface area contributed by atoms with E-state index in [2.05, 4.69) is 0 Å². The van der Waals surface area contributed by atoms with E-state index >= 15 is 0 Å². The van der Waals surface area contributed by atoms with Gasteiger partial charge in [0.2, 0.25) is 0 Å². The molecule has 0 radical (unpaired) electrons. The van der Waals surface area contributed by atoms with Crippen LogP contribution < -0.4 is 15.0 Å². The van der Waals surface area contributed by atoms with E-state index in [1.165, 1.54) is 24.7 Å². The van der Waals surface area contributed by atoms with Crippen molar-refractivity contribution in [2.24, 2.45) is 7.05 Å². The standard InChI is InChI=1S/C24H22F2INO5/c1-13(32-14(2)29)9-15-5-7-20(33-21-8-6-16(25)11-19(21)26)17(10-15)18-12-28(3)24(30)22(27)23(18)31-4/h5-8,10-13H,9H2,1-4H3. The fourth-order valence-corrected chi connectivity index (χ4v) is 4.30. The van der Waals surface area contributed by atoms with Gasteiger partial charge in [-0.05, 0) is 59.3 Å². The maximum atomic E-state index is 14.3. The number of rotatable bonds is 7. The van der Waals surface area contributed by atoms with Crippen LogP contribution in [0.25, 0.3) is 11.1 Å². The Hall–Kier alpha value is -2.95. The van der Waals surface area contributed by atoms with Gasteiger partial charge in [-0.1, -0.05) is 6.07 Å². The first kappa shape index (κ1) is 24.7. The smallest absolute Gasteiger partial charge is 0.302 e. The fraction of sp³-hybridized carbons (Fsp3) is 0.250. The van der Waals surface area contributed by atoms with Gasteiger partial charge in [-0.25, -0.2) is 8.78 Å². The van der Waals surface area contributed by atoms with Crippen LogP contribution in [-0.4, -0.2) is 23.8 Å². The average Bonchev–Trinajstić information content (AvgIpc) is 2.74. The van der Waals surface area contributed by atoms with Gasteiger partial charge in [0.25, 0.3) is 5.56 Å². The zero-order valence-corrected chi connectivity index (χ0v) is 20.6. The third kappa shape index (κ3) is 5.70. The largest absolute Gasteiger partial charge is 0.495 e. The van der Waals surface area contributed by atoms with Gasteiger partial charge in [0.05, 0.1) is 7.11 Å². The van der Waals surface area contributed by atoms with Crippen molar-refractivity contribution in [1.29, 1.82) is 0 Å². The molecule has 3 rings (SSSR count). The van der Waals surface area contributed by atoms with Crippen LogP contribution >= 0.6 is 22.6 Å². The van der Waals surface area contributed by atoms with Gasteiger partial charge < -0.3 is 18.8 Å². The zero-order valence-electron chi connectivity index (χ0n) is 18.4. The van der Waals surface area contributed by atoms with Crippen molar-refractivity contribution in [2.45, 2.75) is 26.4 Å². The molecule has 0 aliphatic heterocycles. The van der Waals surface area contributed by atoms with Crippen LogP contribution in [0.5, 0.6) is 17.2 Å². The van der Waals surface area contributed by atoms with Crippen LogP contribution in [0, 0.1) is 15.2 Å². The number of pyridine rings is 1. The first-order chi connectivity index (χ1) is 15.6. The van der Waals surface area contributed by atoms with Crippen molar-refractivity contribution in [3.05, 3.63) is 73.7 Å². The monoisotopic (exact) mass is 569 g/mol. The maximum absolute atomic E-state index is 14.3. The number of halogens is 3. The Morgan fingerprint density at radius 2 is 1.82 bits per heavy atom. The number of nitrogens with zero attached hydrogens (tertiary/aromatic N) is 1. The topological polar surface area (TPSA) is 66.8 Å². The molecule has 0 N–H and O–H groups in total. The molecule has 1 aromatic heterocycles. The van der Waals surface area contributed by atoms with Crippen molar-refractivity contribution in [3.8, 4) is 28.4 Å². The summed E-state index contributed by atoms with van der Waals surface area (Å²) in [7, 11) is 3.06. The highest BCUT2D eigenvalue weighted by Gasteiger charge is 2.20. The van der Waals surface area contributed by atoms with E-state index in [1.54, 1.807) is 38.4 Å². The van der Waals surface area contributed by atoms with Crippen molar-refractivity contribution in [3.63, 3.8) is 0 Å². The zero-order chi connectivity index (χ0) is 24.3. The second-order valence-electron chi connectivity index (χ2n) is 7.44. The molecule has 174 valence electrons. The van der Waals surface area contributed by atoms with Crippen LogP contribution in [0.4, 0.5) is 8.78 Å². The molecule has 0 saturated heterocycles. The molecule has 0 fully saturated rings. The van der Waals surface area contributed by atoms with Crippen LogP contribution in [0.2, 0.25) is 0 Å². The summed E-state index contributed by atoms with van der Waals surface area (Å²) in [6.45, 7) is 3.11. The third-order valence-electron chi connectivity index (χ3n) is 4.82. The Kier molecular flexibility index (Phi) is 7.72. The minimum atomic E-state index is -0.851. The summed E-state index contributed by atoms with van der Waals surface area (Å²) in [6, 6.07) is 8.25. The first-order valence-electron chi connectivity index (χ1n) is 9.97. The highest BCUT2D eigenvalue weighted by molar-refractivity contribution is 14.1. The number of hydrogen-bond donors (Lipinski definition) is 0. The molecule has 0 aliphatic carbocycles. The van der Waals surface area contributed by atoms with E-state index in [1.807, 2.05) is 22.6 Å². The summed E-state index contributed by atoms with van der Waals surface area (Å²) >= 11 is 1.91. The first-order valence-corrected chi connectivity index (χ1v) is 11.0. The number of carbonyl (C=O) groups is 1. The predicted octanol–water partition coefficient (Wildman–Crippen LogP) is 5.23. The van der Waals surface area contributed by atoms with Crippen LogP contribution in [0.1, 0.15) is 19.4 Å². The highest BCUT2D eigenvalue weighted by Crippen LogP contribution is 2.40. The van der Waals surface area contributed by atoms with Gasteiger partial charge in [0.1, 0.15) is 27.0 Å². The molecular weight excluding hydrogens is 547 g/mol. The predicted molar refractivity (Wildman–Crippen MR) is 128 cm³/mol. The number of methoxy groups -OCH3 is 1. The highest BCUT2D eigenvalue weighted by atomic mass is 127. The molecule has 3 aromatic rings. The second kappa shape index (κ2) is 10.3. The lowest BCUT2D eigenvalue weighted by Crippen LogP contribution is -2.20. The molecular formula is C24H22F2INO5. The SMILES string of the molecule is COc1c(-c2cc(CC(C)OC(C)=O)ccc2Oc2ccc(F)cc2F)cn(C)c(=O)c1I. The number of carbonyl (C=O) groups excluding carboxylic acids is 1. The van der Waals surface area contributed by atoms with Gasteiger partial charge in [-0.15, -0.1) is 0 Å². The maximum Gasteiger partial charge on any atom is 0.302 e. The Labute approximate surface area is 203 Å². The second-order valence-corrected chi connectivity index (χ2v) is 8.52. The van der Waals surface area contributed by atoms with E-state index in [-0.39, 0.29) is 29.1 Å². The molecule has 0 amide bonds. The quantitative estimate of drug-likeness (QED) is 0.288. The van der Waals surface area contributed by atoms with Crippen LogP contribution in [0.15, 0.2) is 47.4 Å². The van der Waals surface area contributed by atoms with E-state index in [0.717, 1.165) is 17.7 Å². The minimum absolute atomic E-state index is 0.155. The van der Waals surface area contributed by atoms with Gasteiger partial charge >= 0.3 is 5.97 Å². The average molecular weight is 569 g/mol. The lowest BCUT2D eigenvalue weighted by molar-refractivity contribution is -0.145. The van der Waals surface area contributed by atoms with E-state index in [0.29, 0.717) is 26.9 Å². The summed E-state index contributed by atoms with van der Waals surface area (Å²) in [6.07, 6.45) is 1.65. The van der Waals surface area contributed by atoms with Crippen molar-refractivity contribution >= 4 is 28.6 Å².